The summed E-state index contributed by atoms with van der Waals surface area (Å²) in [5.41, 5.74) is 0. The molecule has 0 bridgehead atoms. The molecular formula is C10H18N2O4S. The van der Waals surface area contributed by atoms with Gasteiger partial charge in [-0.15, -0.1) is 0 Å². The third kappa shape index (κ3) is 6.25. The van der Waals surface area contributed by atoms with E-state index in [1.54, 1.807) is 6.26 Å². The van der Waals surface area contributed by atoms with Crippen LogP contribution in [0.2, 0.25) is 0 Å². The van der Waals surface area contributed by atoms with Gasteiger partial charge >= 0.3 is 12.0 Å². The zero-order chi connectivity index (χ0) is 12.8. The Labute approximate surface area is 103 Å². The maximum absolute atomic E-state index is 11.7. The van der Waals surface area contributed by atoms with E-state index in [4.69, 9.17) is 5.11 Å². The molecule has 6 nitrogen and oxygen atoms in total. The number of amides is 2. The first-order valence-electron chi connectivity index (χ1n) is 5.53. The molecular weight excluding hydrogens is 244 g/mol. The van der Waals surface area contributed by atoms with Gasteiger partial charge < -0.3 is 15.3 Å². The van der Waals surface area contributed by atoms with Crippen LogP contribution in [-0.2, 0) is 15.6 Å². The van der Waals surface area contributed by atoms with Crippen molar-refractivity contribution in [2.75, 3.05) is 31.6 Å². The molecule has 0 aromatic heterocycles. The number of rotatable bonds is 7. The second-order valence-corrected chi connectivity index (χ2v) is 5.78. The summed E-state index contributed by atoms with van der Waals surface area (Å²) in [6, 6.07) is -0.384. The first-order valence-corrected chi connectivity index (χ1v) is 7.26. The van der Waals surface area contributed by atoms with Gasteiger partial charge in [0.1, 0.15) is 6.54 Å². The van der Waals surface area contributed by atoms with Crippen LogP contribution in [0.1, 0.15) is 12.8 Å². The Morgan fingerprint density at radius 2 is 2.12 bits per heavy atom. The zero-order valence-electron chi connectivity index (χ0n) is 9.85. The highest BCUT2D eigenvalue weighted by Crippen LogP contribution is 2.29. The van der Waals surface area contributed by atoms with E-state index in [0.29, 0.717) is 24.8 Å². The molecule has 1 saturated carbocycles. The van der Waals surface area contributed by atoms with E-state index < -0.39 is 16.8 Å². The average molecular weight is 262 g/mol. The van der Waals surface area contributed by atoms with Crippen LogP contribution in [0.3, 0.4) is 0 Å². The minimum atomic E-state index is -1.01. The SMILES string of the molecule is CS(=O)CCNC(=O)N(CC(=O)O)CC1CC1. The predicted octanol–water partition coefficient (Wildman–Crippen LogP) is -0.129. The molecule has 0 aliphatic heterocycles. The van der Waals surface area contributed by atoms with Crippen LogP contribution in [0.5, 0.6) is 0 Å². The average Bonchev–Trinajstić information content (AvgIpc) is 2.99. The topological polar surface area (TPSA) is 86.7 Å². The molecule has 0 aromatic rings. The van der Waals surface area contributed by atoms with Gasteiger partial charge in [-0.05, 0) is 18.8 Å². The highest BCUT2D eigenvalue weighted by molar-refractivity contribution is 7.84. The minimum absolute atomic E-state index is 0.280. The van der Waals surface area contributed by atoms with Gasteiger partial charge in [-0.1, -0.05) is 0 Å². The summed E-state index contributed by atoms with van der Waals surface area (Å²) >= 11 is 0. The number of aliphatic carboxylic acids is 1. The van der Waals surface area contributed by atoms with E-state index >= 15 is 0 Å². The molecule has 0 spiro atoms. The fourth-order valence-corrected chi connectivity index (χ4v) is 1.80. The monoisotopic (exact) mass is 262 g/mol. The number of carbonyl (C=O) groups is 2. The number of carbonyl (C=O) groups excluding carboxylic acids is 1. The molecule has 1 atom stereocenters. The van der Waals surface area contributed by atoms with Crippen LogP contribution < -0.4 is 5.32 Å². The predicted molar refractivity (Wildman–Crippen MR) is 64.3 cm³/mol. The fourth-order valence-electron chi connectivity index (χ4n) is 1.41. The number of urea groups is 1. The van der Waals surface area contributed by atoms with Crippen molar-refractivity contribution in [2.24, 2.45) is 5.92 Å². The van der Waals surface area contributed by atoms with Crippen molar-refractivity contribution in [2.45, 2.75) is 12.8 Å². The molecule has 0 saturated heterocycles. The number of carboxylic acids is 1. The fraction of sp³-hybridized carbons (Fsp3) is 0.800. The third-order valence-corrected chi connectivity index (χ3v) is 3.23. The Morgan fingerprint density at radius 3 is 2.59 bits per heavy atom. The van der Waals surface area contributed by atoms with Gasteiger partial charge in [0.05, 0.1) is 0 Å². The van der Waals surface area contributed by atoms with E-state index in [1.165, 1.54) is 4.90 Å². The molecule has 0 heterocycles. The van der Waals surface area contributed by atoms with Gasteiger partial charge in [-0.2, -0.15) is 0 Å². The maximum atomic E-state index is 11.7. The molecule has 1 fully saturated rings. The minimum Gasteiger partial charge on any atom is -0.480 e. The molecule has 0 radical (unpaired) electrons. The highest BCUT2D eigenvalue weighted by Gasteiger charge is 2.27. The van der Waals surface area contributed by atoms with Crippen LogP contribution >= 0.6 is 0 Å². The molecule has 1 aliphatic rings. The van der Waals surface area contributed by atoms with Crippen LogP contribution in [0.15, 0.2) is 0 Å². The summed E-state index contributed by atoms with van der Waals surface area (Å²) in [7, 11) is -0.954. The highest BCUT2D eigenvalue weighted by atomic mass is 32.2. The van der Waals surface area contributed by atoms with Crippen molar-refractivity contribution in [1.82, 2.24) is 10.2 Å². The van der Waals surface area contributed by atoms with Crippen molar-refractivity contribution in [1.29, 1.82) is 0 Å². The molecule has 17 heavy (non-hydrogen) atoms. The first kappa shape index (κ1) is 14.0. The van der Waals surface area contributed by atoms with E-state index in [9.17, 15) is 13.8 Å². The van der Waals surface area contributed by atoms with Crippen molar-refractivity contribution < 1.29 is 18.9 Å². The van der Waals surface area contributed by atoms with Gasteiger partial charge in [0.25, 0.3) is 0 Å². The first-order chi connectivity index (χ1) is 7.99. The summed E-state index contributed by atoms with van der Waals surface area (Å²) in [5, 5.41) is 11.3. The van der Waals surface area contributed by atoms with Gasteiger partial charge in [-0.3, -0.25) is 9.00 Å². The second kappa shape index (κ2) is 6.58. The summed E-state index contributed by atoms with van der Waals surface area (Å²) in [6.07, 6.45) is 3.68. The van der Waals surface area contributed by atoms with Crippen LogP contribution in [0.25, 0.3) is 0 Å². The third-order valence-electron chi connectivity index (χ3n) is 2.45. The Morgan fingerprint density at radius 1 is 1.47 bits per heavy atom. The Kier molecular flexibility index (Phi) is 5.40. The Bertz CT molecular complexity index is 317. The maximum Gasteiger partial charge on any atom is 0.323 e. The van der Waals surface area contributed by atoms with Gasteiger partial charge in [0.15, 0.2) is 0 Å². The molecule has 1 aliphatic carbocycles. The standard InChI is InChI=1S/C10H18N2O4S/c1-17(16)5-4-11-10(15)12(7-9(13)14)6-8-2-3-8/h8H,2-7H2,1H3,(H,11,15)(H,13,14). The van der Waals surface area contributed by atoms with Crippen molar-refractivity contribution in [3.8, 4) is 0 Å². The van der Waals surface area contributed by atoms with Gasteiger partial charge in [0.2, 0.25) is 0 Å². The largest absolute Gasteiger partial charge is 0.480 e. The van der Waals surface area contributed by atoms with E-state index in [1.807, 2.05) is 0 Å². The van der Waals surface area contributed by atoms with E-state index in [-0.39, 0.29) is 12.6 Å². The molecule has 2 N–H and O–H groups in total. The number of hydrogen-bond donors (Lipinski definition) is 2. The van der Waals surface area contributed by atoms with Crippen molar-refractivity contribution in [3.63, 3.8) is 0 Å². The molecule has 0 aromatic carbocycles. The molecule has 1 unspecified atom stereocenters. The zero-order valence-corrected chi connectivity index (χ0v) is 10.7. The molecule has 2 amide bonds. The summed E-state index contributed by atoms with van der Waals surface area (Å²) in [5.74, 6) is -0.184. The number of hydrogen-bond acceptors (Lipinski definition) is 3. The summed E-state index contributed by atoms with van der Waals surface area (Å²) in [6.45, 7) is 0.521. The quantitative estimate of drug-likeness (QED) is 0.669. The van der Waals surface area contributed by atoms with Crippen LogP contribution in [0.4, 0.5) is 4.79 Å². The lowest BCUT2D eigenvalue weighted by atomic mass is 10.3. The van der Waals surface area contributed by atoms with Crippen molar-refractivity contribution >= 4 is 22.8 Å². The number of nitrogens with zero attached hydrogens (tertiary/aromatic N) is 1. The van der Waals surface area contributed by atoms with Gasteiger partial charge in [-0.25, -0.2) is 4.79 Å². The van der Waals surface area contributed by atoms with Crippen molar-refractivity contribution in [3.05, 3.63) is 0 Å². The normalized spacial score (nSPS) is 16.3. The summed E-state index contributed by atoms with van der Waals surface area (Å²) < 4.78 is 10.8. The Hall–Kier alpha value is -1.11. The van der Waals surface area contributed by atoms with Gasteiger partial charge in [0, 0.05) is 35.9 Å². The molecule has 1 rings (SSSR count). The second-order valence-electron chi connectivity index (χ2n) is 4.23. The lowest BCUT2D eigenvalue weighted by molar-refractivity contribution is -0.137. The number of nitrogens with one attached hydrogen (secondary N) is 1. The molecule has 7 heteroatoms. The van der Waals surface area contributed by atoms with Crippen LogP contribution in [0, 0.1) is 5.92 Å². The Balaban J connectivity index is 2.35. The number of carboxylic acid groups (broad SMARTS) is 1. The lowest BCUT2D eigenvalue weighted by Crippen LogP contribution is -2.44. The lowest BCUT2D eigenvalue weighted by Gasteiger charge is -2.20. The summed E-state index contributed by atoms with van der Waals surface area (Å²) in [4.78, 5) is 23.6. The smallest absolute Gasteiger partial charge is 0.323 e. The van der Waals surface area contributed by atoms with E-state index in [0.717, 1.165) is 12.8 Å². The van der Waals surface area contributed by atoms with E-state index in [2.05, 4.69) is 5.32 Å². The molecule has 98 valence electrons. The van der Waals surface area contributed by atoms with Crippen LogP contribution in [-0.4, -0.2) is 57.9 Å².